The summed E-state index contributed by atoms with van der Waals surface area (Å²) in [5.74, 6) is 1.06. The van der Waals surface area contributed by atoms with Crippen LogP contribution >= 0.6 is 11.3 Å². The van der Waals surface area contributed by atoms with Gasteiger partial charge in [0.15, 0.2) is 0 Å². The van der Waals surface area contributed by atoms with Crippen LogP contribution in [0.1, 0.15) is 28.2 Å². The molecule has 2 aromatic rings. The van der Waals surface area contributed by atoms with Crippen LogP contribution in [0.2, 0.25) is 0 Å². The molecule has 1 heterocycles. The van der Waals surface area contributed by atoms with Crippen molar-refractivity contribution in [2.24, 2.45) is 5.92 Å². The predicted octanol–water partition coefficient (Wildman–Crippen LogP) is 2.89. The van der Waals surface area contributed by atoms with Gasteiger partial charge in [0.1, 0.15) is 10.8 Å². The van der Waals surface area contributed by atoms with Gasteiger partial charge in [0.2, 0.25) is 5.13 Å². The summed E-state index contributed by atoms with van der Waals surface area (Å²) in [5.41, 5.74) is 0.529. The Kier molecular flexibility index (Phi) is 3.64. The van der Waals surface area contributed by atoms with E-state index in [9.17, 15) is 4.79 Å². The summed E-state index contributed by atoms with van der Waals surface area (Å²) in [4.78, 5) is 12.3. The zero-order chi connectivity index (χ0) is 13.9. The highest BCUT2D eigenvalue weighted by Crippen LogP contribution is 2.30. The normalized spacial score (nSPS) is 14.1. The van der Waals surface area contributed by atoms with Gasteiger partial charge in [-0.25, -0.2) is 0 Å². The molecule has 6 heteroatoms. The minimum atomic E-state index is -0.215. The first-order chi connectivity index (χ1) is 9.72. The van der Waals surface area contributed by atoms with Crippen molar-refractivity contribution in [3.05, 3.63) is 34.8 Å². The van der Waals surface area contributed by atoms with E-state index in [0.29, 0.717) is 29.0 Å². The number of rotatable bonds is 5. The van der Waals surface area contributed by atoms with Gasteiger partial charge in [-0.2, -0.15) is 0 Å². The summed E-state index contributed by atoms with van der Waals surface area (Å²) in [6, 6.07) is 7.27. The van der Waals surface area contributed by atoms with E-state index >= 15 is 0 Å². The second-order valence-electron chi connectivity index (χ2n) is 4.83. The van der Waals surface area contributed by atoms with Gasteiger partial charge >= 0.3 is 0 Å². The Morgan fingerprint density at radius 3 is 2.90 bits per heavy atom. The van der Waals surface area contributed by atoms with Gasteiger partial charge in [-0.05, 0) is 37.8 Å². The summed E-state index contributed by atoms with van der Waals surface area (Å²) in [5, 5.41) is 11.8. The van der Waals surface area contributed by atoms with Crippen molar-refractivity contribution in [3.63, 3.8) is 0 Å². The molecule has 104 valence electrons. The number of para-hydroxylation sites is 1. The lowest BCUT2D eigenvalue weighted by Gasteiger charge is -2.10. The van der Waals surface area contributed by atoms with Crippen molar-refractivity contribution in [1.29, 1.82) is 0 Å². The summed E-state index contributed by atoms with van der Waals surface area (Å²) in [7, 11) is 0. The third-order valence-corrected chi connectivity index (χ3v) is 3.80. The van der Waals surface area contributed by atoms with Crippen LogP contribution in [0.5, 0.6) is 5.75 Å². The summed E-state index contributed by atoms with van der Waals surface area (Å²) < 4.78 is 5.73. The summed E-state index contributed by atoms with van der Waals surface area (Å²) in [6.45, 7) is 2.53. The first-order valence-electron chi connectivity index (χ1n) is 6.55. The maximum atomic E-state index is 12.3. The molecule has 1 aliphatic rings. The zero-order valence-corrected chi connectivity index (χ0v) is 11.9. The predicted molar refractivity (Wildman–Crippen MR) is 77.3 cm³/mol. The number of carbonyl (C=O) groups is 1. The molecular weight excluding hydrogens is 274 g/mol. The molecular formula is C14H15N3O2S. The van der Waals surface area contributed by atoms with Gasteiger partial charge in [0.05, 0.1) is 12.2 Å². The van der Waals surface area contributed by atoms with Crippen LogP contribution in [0, 0.1) is 12.8 Å². The van der Waals surface area contributed by atoms with E-state index in [1.807, 2.05) is 25.1 Å². The molecule has 1 saturated carbocycles. The monoisotopic (exact) mass is 289 g/mol. The number of amides is 1. The van der Waals surface area contributed by atoms with E-state index in [4.69, 9.17) is 4.74 Å². The molecule has 0 saturated heterocycles. The van der Waals surface area contributed by atoms with E-state index in [1.54, 1.807) is 6.07 Å². The van der Waals surface area contributed by atoms with Crippen LogP contribution in [0.15, 0.2) is 24.3 Å². The van der Waals surface area contributed by atoms with Gasteiger partial charge in [0.25, 0.3) is 5.91 Å². The molecule has 1 fully saturated rings. The molecule has 0 aliphatic heterocycles. The molecule has 1 amide bonds. The third-order valence-electron chi connectivity index (χ3n) is 3.05. The molecule has 1 aromatic heterocycles. The number of nitrogens with one attached hydrogen (secondary N) is 1. The van der Waals surface area contributed by atoms with E-state index in [2.05, 4.69) is 15.5 Å². The number of carbonyl (C=O) groups excluding carboxylic acids is 1. The zero-order valence-electron chi connectivity index (χ0n) is 11.1. The van der Waals surface area contributed by atoms with Crippen molar-refractivity contribution in [2.45, 2.75) is 19.8 Å². The van der Waals surface area contributed by atoms with Crippen LogP contribution in [0.3, 0.4) is 0 Å². The number of ether oxygens (including phenoxy) is 1. The summed E-state index contributed by atoms with van der Waals surface area (Å²) >= 11 is 1.35. The van der Waals surface area contributed by atoms with E-state index in [1.165, 1.54) is 24.2 Å². The van der Waals surface area contributed by atoms with Crippen molar-refractivity contribution in [1.82, 2.24) is 10.2 Å². The van der Waals surface area contributed by atoms with Crippen LogP contribution in [-0.4, -0.2) is 22.7 Å². The summed E-state index contributed by atoms with van der Waals surface area (Å²) in [6.07, 6.45) is 2.44. The number of hydrogen-bond acceptors (Lipinski definition) is 5. The molecule has 1 aliphatic carbocycles. The van der Waals surface area contributed by atoms with Crippen LogP contribution < -0.4 is 10.1 Å². The molecule has 5 nitrogen and oxygen atoms in total. The average molecular weight is 289 g/mol. The van der Waals surface area contributed by atoms with Crippen molar-refractivity contribution < 1.29 is 9.53 Å². The lowest BCUT2D eigenvalue weighted by molar-refractivity contribution is 0.102. The fraction of sp³-hybridized carbons (Fsp3) is 0.357. The smallest absolute Gasteiger partial charge is 0.261 e. The molecule has 20 heavy (non-hydrogen) atoms. The standard InChI is InChI=1S/C14H15N3O2S/c1-9-16-17-14(20-9)15-13(18)11-4-2-3-5-12(11)19-8-10-6-7-10/h2-5,10H,6-8H2,1H3,(H,15,17,18). The Morgan fingerprint density at radius 2 is 2.20 bits per heavy atom. The lowest BCUT2D eigenvalue weighted by Crippen LogP contribution is -2.14. The molecule has 3 rings (SSSR count). The van der Waals surface area contributed by atoms with Gasteiger partial charge in [0, 0.05) is 0 Å². The number of benzene rings is 1. The average Bonchev–Trinajstić information content (AvgIpc) is 3.19. The second kappa shape index (κ2) is 5.58. The first-order valence-corrected chi connectivity index (χ1v) is 7.37. The second-order valence-corrected chi connectivity index (χ2v) is 6.01. The Labute approximate surface area is 121 Å². The lowest BCUT2D eigenvalue weighted by atomic mass is 10.2. The molecule has 1 N–H and O–H groups in total. The van der Waals surface area contributed by atoms with E-state index < -0.39 is 0 Å². The fourth-order valence-corrected chi connectivity index (χ4v) is 2.37. The molecule has 0 radical (unpaired) electrons. The van der Waals surface area contributed by atoms with Gasteiger partial charge in [-0.15, -0.1) is 10.2 Å². The Balaban J connectivity index is 1.72. The van der Waals surface area contributed by atoms with Crippen LogP contribution in [0.4, 0.5) is 5.13 Å². The highest BCUT2D eigenvalue weighted by atomic mass is 32.1. The SMILES string of the molecule is Cc1nnc(NC(=O)c2ccccc2OCC2CC2)s1. The Morgan fingerprint density at radius 1 is 1.40 bits per heavy atom. The molecule has 0 spiro atoms. The minimum Gasteiger partial charge on any atom is -0.492 e. The maximum Gasteiger partial charge on any atom is 0.261 e. The number of hydrogen-bond donors (Lipinski definition) is 1. The Hall–Kier alpha value is -1.95. The minimum absolute atomic E-state index is 0.215. The molecule has 0 bridgehead atoms. The van der Waals surface area contributed by atoms with Crippen molar-refractivity contribution in [2.75, 3.05) is 11.9 Å². The number of aromatic nitrogens is 2. The van der Waals surface area contributed by atoms with Crippen LogP contribution in [-0.2, 0) is 0 Å². The Bertz CT molecular complexity index is 622. The highest BCUT2D eigenvalue weighted by molar-refractivity contribution is 7.15. The number of nitrogens with zero attached hydrogens (tertiary/aromatic N) is 2. The maximum absolute atomic E-state index is 12.3. The van der Waals surface area contributed by atoms with E-state index in [-0.39, 0.29) is 5.91 Å². The van der Waals surface area contributed by atoms with Crippen LogP contribution in [0.25, 0.3) is 0 Å². The van der Waals surface area contributed by atoms with Crippen molar-refractivity contribution >= 4 is 22.4 Å². The third kappa shape index (κ3) is 3.14. The highest BCUT2D eigenvalue weighted by Gasteiger charge is 2.23. The van der Waals surface area contributed by atoms with E-state index in [0.717, 1.165) is 5.01 Å². The fourth-order valence-electron chi connectivity index (χ4n) is 1.78. The van der Waals surface area contributed by atoms with Gasteiger partial charge in [-0.3, -0.25) is 10.1 Å². The topological polar surface area (TPSA) is 64.1 Å². The van der Waals surface area contributed by atoms with Crippen molar-refractivity contribution in [3.8, 4) is 5.75 Å². The molecule has 0 atom stereocenters. The molecule has 0 unspecified atom stereocenters. The van der Waals surface area contributed by atoms with Gasteiger partial charge in [-0.1, -0.05) is 23.5 Å². The number of anilines is 1. The quantitative estimate of drug-likeness (QED) is 0.919. The van der Waals surface area contributed by atoms with Gasteiger partial charge < -0.3 is 4.74 Å². The first kappa shape index (κ1) is 13.1. The molecule has 1 aromatic carbocycles. The number of aryl methyl sites for hydroxylation is 1. The largest absolute Gasteiger partial charge is 0.492 e.